The molecule has 1 aromatic rings. The molecule has 1 aromatic heterocycles. The summed E-state index contributed by atoms with van der Waals surface area (Å²) in [6.07, 6.45) is 4.22. The SMILES string of the molecule is CC1CCN(S(=O)(=O)NC(C)(C)c2ncc[nH]2)C1. The molecule has 0 amide bonds. The second-order valence-corrected chi connectivity index (χ2v) is 7.09. The van der Waals surface area contributed by atoms with Crippen molar-refractivity contribution in [3.8, 4) is 0 Å². The van der Waals surface area contributed by atoms with Crippen LogP contribution in [0.4, 0.5) is 0 Å². The summed E-state index contributed by atoms with van der Waals surface area (Å²) < 4.78 is 28.7. The smallest absolute Gasteiger partial charge is 0.280 e. The normalized spacial score (nSPS) is 22.5. The largest absolute Gasteiger partial charge is 0.347 e. The number of nitrogens with one attached hydrogen (secondary N) is 2. The van der Waals surface area contributed by atoms with E-state index in [1.165, 1.54) is 4.31 Å². The van der Waals surface area contributed by atoms with Gasteiger partial charge in [-0.15, -0.1) is 0 Å². The van der Waals surface area contributed by atoms with E-state index in [2.05, 4.69) is 21.6 Å². The molecule has 0 bridgehead atoms. The van der Waals surface area contributed by atoms with Gasteiger partial charge in [-0.2, -0.15) is 17.4 Å². The number of aromatic amines is 1. The second kappa shape index (κ2) is 4.64. The first-order valence-corrected chi connectivity index (χ1v) is 7.54. The van der Waals surface area contributed by atoms with Crippen molar-refractivity contribution in [2.75, 3.05) is 13.1 Å². The first-order chi connectivity index (χ1) is 8.31. The number of hydrogen-bond donors (Lipinski definition) is 2. The van der Waals surface area contributed by atoms with Crippen LogP contribution in [0.1, 0.15) is 33.0 Å². The van der Waals surface area contributed by atoms with Crippen LogP contribution >= 0.6 is 0 Å². The summed E-state index contributed by atoms with van der Waals surface area (Å²) in [5.41, 5.74) is -0.742. The Morgan fingerprint density at radius 1 is 1.56 bits per heavy atom. The Balaban J connectivity index is 2.13. The third-order valence-electron chi connectivity index (χ3n) is 3.20. The van der Waals surface area contributed by atoms with Gasteiger partial charge in [0.05, 0.1) is 5.54 Å². The third kappa shape index (κ3) is 2.73. The Bertz CT molecular complexity index is 495. The molecule has 6 nitrogen and oxygen atoms in total. The van der Waals surface area contributed by atoms with Gasteiger partial charge in [0.2, 0.25) is 0 Å². The van der Waals surface area contributed by atoms with Crippen molar-refractivity contribution in [2.24, 2.45) is 5.92 Å². The zero-order valence-corrected chi connectivity index (χ0v) is 11.8. The molecule has 2 N–H and O–H groups in total. The summed E-state index contributed by atoms with van der Waals surface area (Å²) in [5, 5.41) is 0. The highest BCUT2D eigenvalue weighted by Gasteiger charge is 2.35. The Morgan fingerprint density at radius 2 is 2.28 bits per heavy atom. The summed E-state index contributed by atoms with van der Waals surface area (Å²) in [6.45, 7) is 6.83. The molecule has 0 radical (unpaired) electrons. The van der Waals surface area contributed by atoms with Crippen LogP contribution in [0, 0.1) is 5.92 Å². The summed E-state index contributed by atoms with van der Waals surface area (Å²) in [6, 6.07) is 0. The summed E-state index contributed by atoms with van der Waals surface area (Å²) in [7, 11) is -3.45. The van der Waals surface area contributed by atoms with E-state index in [4.69, 9.17) is 0 Å². The molecular formula is C11H20N4O2S. The lowest BCUT2D eigenvalue weighted by Gasteiger charge is -2.27. The van der Waals surface area contributed by atoms with E-state index in [9.17, 15) is 8.42 Å². The Labute approximate surface area is 108 Å². The maximum absolute atomic E-state index is 12.3. The lowest BCUT2D eigenvalue weighted by atomic mass is 10.1. The van der Waals surface area contributed by atoms with Crippen LogP contribution in [-0.2, 0) is 15.7 Å². The third-order valence-corrected chi connectivity index (χ3v) is 4.98. The van der Waals surface area contributed by atoms with E-state index in [-0.39, 0.29) is 0 Å². The molecule has 2 rings (SSSR count). The van der Waals surface area contributed by atoms with Gasteiger partial charge in [-0.05, 0) is 26.2 Å². The molecule has 1 atom stereocenters. The topological polar surface area (TPSA) is 78.1 Å². The van der Waals surface area contributed by atoms with E-state index < -0.39 is 15.7 Å². The number of rotatable bonds is 4. The van der Waals surface area contributed by atoms with Gasteiger partial charge in [0.15, 0.2) is 0 Å². The molecule has 0 aliphatic carbocycles. The quantitative estimate of drug-likeness (QED) is 0.852. The molecular weight excluding hydrogens is 252 g/mol. The fraction of sp³-hybridized carbons (Fsp3) is 0.727. The van der Waals surface area contributed by atoms with Crippen LogP contribution in [0.3, 0.4) is 0 Å². The molecule has 2 heterocycles. The fourth-order valence-corrected chi connectivity index (χ4v) is 3.82. The highest BCUT2D eigenvalue weighted by molar-refractivity contribution is 7.87. The summed E-state index contributed by atoms with van der Waals surface area (Å²) >= 11 is 0. The molecule has 7 heteroatoms. The van der Waals surface area contributed by atoms with Gasteiger partial charge in [-0.25, -0.2) is 4.98 Å². The number of imidazole rings is 1. The molecule has 1 unspecified atom stereocenters. The predicted octanol–water partition coefficient (Wildman–Crippen LogP) is 0.821. The van der Waals surface area contributed by atoms with E-state index in [0.29, 0.717) is 24.8 Å². The predicted molar refractivity (Wildman–Crippen MR) is 69.0 cm³/mol. The van der Waals surface area contributed by atoms with Gasteiger partial charge < -0.3 is 4.98 Å². The molecule has 1 aliphatic rings. The second-order valence-electron chi connectivity index (χ2n) is 5.42. The average molecular weight is 272 g/mol. The summed E-state index contributed by atoms with van der Waals surface area (Å²) in [5.74, 6) is 1.03. The van der Waals surface area contributed by atoms with E-state index in [1.54, 1.807) is 26.2 Å². The lowest BCUT2D eigenvalue weighted by Crippen LogP contribution is -2.48. The molecule has 0 aromatic carbocycles. The molecule has 1 saturated heterocycles. The highest BCUT2D eigenvalue weighted by atomic mass is 32.2. The van der Waals surface area contributed by atoms with Crippen LogP contribution in [0.2, 0.25) is 0 Å². The van der Waals surface area contributed by atoms with Gasteiger partial charge >= 0.3 is 0 Å². The number of H-pyrrole nitrogens is 1. The van der Waals surface area contributed by atoms with Crippen molar-refractivity contribution in [2.45, 2.75) is 32.7 Å². The monoisotopic (exact) mass is 272 g/mol. The Kier molecular flexibility index (Phi) is 3.48. The average Bonchev–Trinajstić information content (AvgIpc) is 2.84. The Morgan fingerprint density at radius 3 is 2.78 bits per heavy atom. The fourth-order valence-electron chi connectivity index (χ4n) is 2.16. The van der Waals surface area contributed by atoms with Crippen LogP contribution in [0.5, 0.6) is 0 Å². The molecule has 102 valence electrons. The van der Waals surface area contributed by atoms with Crippen molar-refractivity contribution in [3.63, 3.8) is 0 Å². The first-order valence-electron chi connectivity index (χ1n) is 6.10. The zero-order valence-electron chi connectivity index (χ0n) is 11.0. The van der Waals surface area contributed by atoms with Gasteiger partial charge in [0.25, 0.3) is 10.2 Å². The van der Waals surface area contributed by atoms with Gasteiger partial charge in [0, 0.05) is 25.5 Å². The molecule has 18 heavy (non-hydrogen) atoms. The van der Waals surface area contributed by atoms with E-state index >= 15 is 0 Å². The van der Waals surface area contributed by atoms with Crippen LogP contribution in [0.25, 0.3) is 0 Å². The standard InChI is InChI=1S/C11H20N4O2S/c1-9-4-7-15(8-9)18(16,17)14-11(2,3)10-12-5-6-13-10/h5-6,9,14H,4,7-8H2,1-3H3,(H,12,13). The minimum atomic E-state index is -3.45. The van der Waals surface area contributed by atoms with Crippen LogP contribution in [0.15, 0.2) is 12.4 Å². The van der Waals surface area contributed by atoms with Crippen molar-refractivity contribution < 1.29 is 8.42 Å². The van der Waals surface area contributed by atoms with Gasteiger partial charge in [-0.3, -0.25) is 0 Å². The maximum atomic E-state index is 12.3. The zero-order chi connectivity index (χ0) is 13.4. The minimum Gasteiger partial charge on any atom is -0.347 e. The van der Waals surface area contributed by atoms with Crippen molar-refractivity contribution in [3.05, 3.63) is 18.2 Å². The summed E-state index contributed by atoms with van der Waals surface area (Å²) in [4.78, 5) is 7.06. The van der Waals surface area contributed by atoms with Crippen molar-refractivity contribution in [1.29, 1.82) is 0 Å². The van der Waals surface area contributed by atoms with Crippen molar-refractivity contribution in [1.82, 2.24) is 19.0 Å². The lowest BCUT2D eigenvalue weighted by molar-refractivity contribution is 0.401. The number of aromatic nitrogens is 2. The van der Waals surface area contributed by atoms with Crippen LogP contribution < -0.4 is 4.72 Å². The molecule has 0 saturated carbocycles. The van der Waals surface area contributed by atoms with Gasteiger partial charge in [-0.1, -0.05) is 6.92 Å². The molecule has 0 spiro atoms. The molecule has 1 aliphatic heterocycles. The maximum Gasteiger partial charge on any atom is 0.280 e. The van der Waals surface area contributed by atoms with E-state index in [0.717, 1.165) is 6.42 Å². The van der Waals surface area contributed by atoms with Crippen molar-refractivity contribution >= 4 is 10.2 Å². The minimum absolute atomic E-state index is 0.424. The van der Waals surface area contributed by atoms with E-state index in [1.807, 2.05) is 0 Å². The molecule has 1 fully saturated rings. The number of nitrogens with zero attached hydrogens (tertiary/aromatic N) is 2. The number of hydrogen-bond acceptors (Lipinski definition) is 3. The first kappa shape index (κ1) is 13.5. The van der Waals surface area contributed by atoms with Gasteiger partial charge in [0.1, 0.15) is 5.82 Å². The highest BCUT2D eigenvalue weighted by Crippen LogP contribution is 2.22. The Hall–Kier alpha value is -0.920. The van der Waals surface area contributed by atoms with Crippen LogP contribution in [-0.4, -0.2) is 35.8 Å².